The Balaban J connectivity index is 1.53. The van der Waals surface area contributed by atoms with E-state index in [-0.39, 0.29) is 11.4 Å². The van der Waals surface area contributed by atoms with Gasteiger partial charge < -0.3 is 15.6 Å². The number of nitrogens with one attached hydrogen (secondary N) is 1. The second-order valence-electron chi connectivity index (χ2n) is 5.93. The molecule has 118 valence electrons. The fourth-order valence-electron chi connectivity index (χ4n) is 2.50. The largest absolute Gasteiger partial charge is 0.349 e. The second kappa shape index (κ2) is 6.18. The quantitative estimate of drug-likeness (QED) is 0.813. The van der Waals surface area contributed by atoms with Gasteiger partial charge in [0.2, 0.25) is 17.6 Å². The zero-order valence-corrected chi connectivity index (χ0v) is 13.4. The van der Waals surface area contributed by atoms with Crippen molar-refractivity contribution in [2.24, 2.45) is 11.7 Å². The molecule has 0 radical (unpaired) electrons. The Kier molecular flexibility index (Phi) is 4.26. The number of nitrogens with zero attached hydrogens (tertiary/aromatic N) is 2. The molecule has 2 aromatic rings. The maximum Gasteiger partial charge on any atom is 0.227 e. The van der Waals surface area contributed by atoms with Gasteiger partial charge in [0.25, 0.3) is 0 Å². The van der Waals surface area contributed by atoms with Crippen LogP contribution in [0, 0.1) is 5.92 Å². The van der Waals surface area contributed by atoms with Crippen LogP contribution in [0.2, 0.25) is 0 Å². The van der Waals surface area contributed by atoms with E-state index in [9.17, 15) is 4.79 Å². The molecule has 0 saturated heterocycles. The highest BCUT2D eigenvalue weighted by Gasteiger charge is 2.41. The first-order chi connectivity index (χ1) is 10.6. The van der Waals surface area contributed by atoms with E-state index in [0.717, 1.165) is 17.7 Å². The van der Waals surface area contributed by atoms with Crippen LogP contribution in [-0.4, -0.2) is 28.1 Å². The van der Waals surface area contributed by atoms with E-state index in [0.29, 0.717) is 37.0 Å². The molecule has 2 heterocycles. The summed E-state index contributed by atoms with van der Waals surface area (Å²) in [5.74, 6) is 1.56. The van der Waals surface area contributed by atoms with Crippen LogP contribution in [0.5, 0.6) is 0 Å². The minimum absolute atomic E-state index is 0.0178. The molecule has 0 aromatic carbocycles. The molecule has 0 aliphatic heterocycles. The summed E-state index contributed by atoms with van der Waals surface area (Å²) in [4.78, 5) is 17.4. The van der Waals surface area contributed by atoms with Gasteiger partial charge in [-0.3, -0.25) is 4.79 Å². The zero-order chi connectivity index (χ0) is 15.6. The van der Waals surface area contributed by atoms with Gasteiger partial charge in [0.15, 0.2) is 0 Å². The molecule has 3 rings (SSSR count). The second-order valence-corrected chi connectivity index (χ2v) is 6.88. The monoisotopic (exact) mass is 320 g/mol. The molecule has 1 unspecified atom stereocenters. The molecule has 7 heteroatoms. The molecular formula is C15H20N4O2S. The van der Waals surface area contributed by atoms with Gasteiger partial charge in [-0.2, -0.15) is 4.98 Å². The van der Waals surface area contributed by atoms with E-state index in [1.54, 1.807) is 11.3 Å². The van der Waals surface area contributed by atoms with Crippen molar-refractivity contribution in [2.45, 2.75) is 38.1 Å². The number of thiophene rings is 1. The zero-order valence-electron chi connectivity index (χ0n) is 12.5. The normalized spacial score (nSPS) is 17.2. The smallest absolute Gasteiger partial charge is 0.227 e. The number of rotatable bonds is 7. The third kappa shape index (κ3) is 3.36. The highest BCUT2D eigenvalue weighted by Crippen LogP contribution is 2.39. The Morgan fingerprint density at radius 2 is 2.41 bits per heavy atom. The van der Waals surface area contributed by atoms with E-state index in [1.807, 2.05) is 24.4 Å². The van der Waals surface area contributed by atoms with Crippen molar-refractivity contribution in [1.29, 1.82) is 0 Å². The van der Waals surface area contributed by atoms with E-state index < -0.39 is 0 Å². The van der Waals surface area contributed by atoms with Crippen LogP contribution in [0.1, 0.15) is 32.1 Å². The fraction of sp³-hybridized carbons (Fsp3) is 0.533. The molecule has 1 aliphatic rings. The summed E-state index contributed by atoms with van der Waals surface area (Å²) in [5.41, 5.74) is 5.52. The Bertz CT molecular complexity index is 636. The minimum Gasteiger partial charge on any atom is -0.349 e. The molecule has 3 N–H and O–H groups in total. The van der Waals surface area contributed by atoms with Gasteiger partial charge in [0, 0.05) is 19.4 Å². The lowest BCUT2D eigenvalue weighted by atomic mass is 9.95. The number of carbonyl (C=O) groups excluding carboxylic acids is 1. The fourth-order valence-corrected chi connectivity index (χ4v) is 3.15. The first-order valence-electron chi connectivity index (χ1n) is 7.48. The van der Waals surface area contributed by atoms with Crippen molar-refractivity contribution in [1.82, 2.24) is 15.5 Å². The van der Waals surface area contributed by atoms with Gasteiger partial charge in [-0.1, -0.05) is 11.2 Å². The predicted octanol–water partition coefficient (Wildman–Crippen LogP) is 1.97. The number of aryl methyl sites for hydroxylation is 1. The molecule has 1 atom stereocenters. The molecule has 0 spiro atoms. The van der Waals surface area contributed by atoms with Crippen molar-refractivity contribution in [3.63, 3.8) is 0 Å². The standard InChI is InChI=1S/C15H20N4O2S/c1-15(9-16,10-4-5-10)18-12(20)6-7-13-17-14(19-21-13)11-3-2-8-22-11/h2-3,8,10H,4-7,9,16H2,1H3,(H,18,20). The topological polar surface area (TPSA) is 94.0 Å². The van der Waals surface area contributed by atoms with E-state index in [4.69, 9.17) is 10.3 Å². The van der Waals surface area contributed by atoms with Crippen LogP contribution in [-0.2, 0) is 11.2 Å². The van der Waals surface area contributed by atoms with Gasteiger partial charge in [-0.15, -0.1) is 11.3 Å². The molecule has 22 heavy (non-hydrogen) atoms. The number of amides is 1. The van der Waals surface area contributed by atoms with Gasteiger partial charge in [-0.05, 0) is 37.1 Å². The summed E-state index contributed by atoms with van der Waals surface area (Å²) in [5, 5.41) is 8.96. The number of hydrogen-bond acceptors (Lipinski definition) is 6. The van der Waals surface area contributed by atoms with Crippen molar-refractivity contribution in [3.8, 4) is 10.7 Å². The average Bonchev–Trinajstić information content (AvgIpc) is 3.04. The Labute approximate surface area is 133 Å². The van der Waals surface area contributed by atoms with Gasteiger partial charge in [-0.25, -0.2) is 0 Å². The van der Waals surface area contributed by atoms with Crippen LogP contribution in [0.4, 0.5) is 0 Å². The lowest BCUT2D eigenvalue weighted by Gasteiger charge is -2.29. The van der Waals surface area contributed by atoms with E-state index >= 15 is 0 Å². The SMILES string of the molecule is CC(CN)(NC(=O)CCc1nc(-c2cccs2)no1)C1CC1. The highest BCUT2D eigenvalue weighted by atomic mass is 32.1. The summed E-state index contributed by atoms with van der Waals surface area (Å²) in [6.07, 6.45) is 3.05. The molecule has 1 amide bonds. The number of hydrogen-bond donors (Lipinski definition) is 2. The average molecular weight is 320 g/mol. The molecule has 0 bridgehead atoms. The van der Waals surface area contributed by atoms with Crippen molar-refractivity contribution in [2.75, 3.05) is 6.54 Å². The van der Waals surface area contributed by atoms with Crippen molar-refractivity contribution >= 4 is 17.2 Å². The third-order valence-electron chi connectivity index (χ3n) is 4.10. The summed E-state index contributed by atoms with van der Waals surface area (Å²) in [7, 11) is 0. The van der Waals surface area contributed by atoms with Crippen LogP contribution < -0.4 is 11.1 Å². The van der Waals surface area contributed by atoms with Crippen LogP contribution in [0.25, 0.3) is 10.7 Å². The van der Waals surface area contributed by atoms with Gasteiger partial charge in [0.1, 0.15) is 0 Å². The maximum atomic E-state index is 12.1. The number of carbonyl (C=O) groups is 1. The van der Waals surface area contributed by atoms with E-state index in [1.165, 1.54) is 0 Å². The molecule has 6 nitrogen and oxygen atoms in total. The maximum absolute atomic E-state index is 12.1. The Morgan fingerprint density at radius 3 is 3.05 bits per heavy atom. The lowest BCUT2D eigenvalue weighted by Crippen LogP contribution is -2.53. The third-order valence-corrected chi connectivity index (χ3v) is 4.97. The first-order valence-corrected chi connectivity index (χ1v) is 8.36. The Morgan fingerprint density at radius 1 is 1.59 bits per heavy atom. The Hall–Kier alpha value is -1.73. The van der Waals surface area contributed by atoms with Gasteiger partial charge in [0.05, 0.1) is 10.4 Å². The van der Waals surface area contributed by atoms with Crippen molar-refractivity contribution in [3.05, 3.63) is 23.4 Å². The number of nitrogens with two attached hydrogens (primary N) is 1. The highest BCUT2D eigenvalue weighted by molar-refractivity contribution is 7.13. The summed E-state index contributed by atoms with van der Waals surface area (Å²) < 4.78 is 5.20. The molecule has 1 aliphatic carbocycles. The van der Waals surface area contributed by atoms with Gasteiger partial charge >= 0.3 is 0 Å². The lowest BCUT2D eigenvalue weighted by molar-refractivity contribution is -0.123. The first kappa shape index (κ1) is 15.2. The van der Waals surface area contributed by atoms with Crippen LogP contribution in [0.3, 0.4) is 0 Å². The van der Waals surface area contributed by atoms with Crippen LogP contribution in [0.15, 0.2) is 22.0 Å². The summed E-state index contributed by atoms with van der Waals surface area (Å²) >= 11 is 1.56. The number of aromatic nitrogens is 2. The molecule has 2 aromatic heterocycles. The van der Waals surface area contributed by atoms with Crippen LogP contribution >= 0.6 is 11.3 Å². The van der Waals surface area contributed by atoms with Crippen molar-refractivity contribution < 1.29 is 9.32 Å². The minimum atomic E-state index is -0.284. The molecule has 1 fully saturated rings. The summed E-state index contributed by atoms with van der Waals surface area (Å²) in [6.45, 7) is 2.48. The molecule has 1 saturated carbocycles. The summed E-state index contributed by atoms with van der Waals surface area (Å²) in [6, 6.07) is 3.88. The predicted molar refractivity (Wildman–Crippen MR) is 84.3 cm³/mol. The molecular weight excluding hydrogens is 300 g/mol. The van der Waals surface area contributed by atoms with E-state index in [2.05, 4.69) is 15.5 Å².